The molecule has 8 nitrogen and oxygen atoms in total. The smallest absolute Gasteiger partial charge is 0.319 e. The Morgan fingerprint density at radius 1 is 0.971 bits per heavy atom. The van der Waals surface area contributed by atoms with Crippen molar-refractivity contribution in [3.05, 3.63) is 84.1 Å². The van der Waals surface area contributed by atoms with E-state index in [-0.39, 0.29) is 30.3 Å². The first-order chi connectivity index (χ1) is 16.5. The van der Waals surface area contributed by atoms with Crippen molar-refractivity contribution in [1.29, 1.82) is 0 Å². The first kappa shape index (κ1) is 23.0. The molecule has 4 rings (SSSR count). The molecular weight excluding hydrogens is 439 g/mol. The number of hydrogen-bond acceptors (Lipinski definition) is 4. The molecule has 0 bridgehead atoms. The van der Waals surface area contributed by atoms with E-state index in [1.165, 1.54) is 30.5 Å². The molecular formula is C25H25FN4O4. The molecule has 1 aromatic heterocycles. The number of rotatable bonds is 6. The molecule has 1 aliphatic rings. The zero-order valence-corrected chi connectivity index (χ0v) is 18.4. The zero-order valence-electron chi connectivity index (χ0n) is 18.4. The fraction of sp³-hybridized carbons (Fsp3) is 0.240. The van der Waals surface area contributed by atoms with Crippen LogP contribution < -0.4 is 16.0 Å². The number of likely N-dealkylation sites (tertiary alicyclic amines) is 1. The predicted molar refractivity (Wildman–Crippen MR) is 125 cm³/mol. The van der Waals surface area contributed by atoms with E-state index in [1.54, 1.807) is 41.3 Å². The number of urea groups is 1. The van der Waals surface area contributed by atoms with Gasteiger partial charge in [-0.2, -0.15) is 0 Å². The summed E-state index contributed by atoms with van der Waals surface area (Å²) in [5.74, 6) is -0.480. The highest BCUT2D eigenvalue weighted by Gasteiger charge is 2.29. The van der Waals surface area contributed by atoms with Gasteiger partial charge in [0.15, 0.2) is 0 Å². The highest BCUT2D eigenvalue weighted by atomic mass is 19.1. The van der Waals surface area contributed by atoms with Crippen molar-refractivity contribution in [2.75, 3.05) is 23.7 Å². The van der Waals surface area contributed by atoms with E-state index in [0.717, 1.165) is 0 Å². The summed E-state index contributed by atoms with van der Waals surface area (Å²) in [4.78, 5) is 39.1. The summed E-state index contributed by atoms with van der Waals surface area (Å²) >= 11 is 0. The molecule has 2 heterocycles. The number of piperidine rings is 1. The van der Waals surface area contributed by atoms with E-state index in [2.05, 4.69) is 16.0 Å². The second-order valence-electron chi connectivity index (χ2n) is 8.05. The maximum atomic E-state index is 13.1. The van der Waals surface area contributed by atoms with Gasteiger partial charge in [-0.25, -0.2) is 9.18 Å². The lowest BCUT2D eigenvalue weighted by Crippen LogP contribution is -2.43. The average molecular weight is 464 g/mol. The van der Waals surface area contributed by atoms with Crippen molar-refractivity contribution < 1.29 is 23.2 Å². The van der Waals surface area contributed by atoms with Crippen LogP contribution in [0.15, 0.2) is 71.3 Å². The minimum atomic E-state index is -0.400. The molecule has 1 saturated heterocycles. The summed E-state index contributed by atoms with van der Waals surface area (Å²) in [6.07, 6.45) is 2.92. The van der Waals surface area contributed by atoms with Crippen LogP contribution in [0.5, 0.6) is 0 Å². The Morgan fingerprint density at radius 3 is 2.35 bits per heavy atom. The Hall–Kier alpha value is -4.14. The number of amides is 4. The van der Waals surface area contributed by atoms with Crippen molar-refractivity contribution in [1.82, 2.24) is 10.2 Å². The van der Waals surface area contributed by atoms with Crippen LogP contribution >= 0.6 is 0 Å². The first-order valence-corrected chi connectivity index (χ1v) is 11.0. The van der Waals surface area contributed by atoms with Crippen molar-refractivity contribution in [2.24, 2.45) is 5.92 Å². The number of hydrogen-bond donors (Lipinski definition) is 3. The third kappa shape index (κ3) is 6.00. The summed E-state index contributed by atoms with van der Waals surface area (Å²) in [5, 5.41) is 8.28. The number of nitrogens with zero attached hydrogens (tertiary/aromatic N) is 1. The fourth-order valence-corrected chi connectivity index (χ4v) is 3.79. The highest BCUT2D eigenvalue weighted by Crippen LogP contribution is 2.21. The molecule has 34 heavy (non-hydrogen) atoms. The number of benzene rings is 2. The van der Waals surface area contributed by atoms with Crippen LogP contribution in [0.4, 0.5) is 20.6 Å². The van der Waals surface area contributed by atoms with E-state index in [1.807, 2.05) is 0 Å². The van der Waals surface area contributed by atoms with E-state index in [9.17, 15) is 18.8 Å². The maximum absolute atomic E-state index is 13.1. The van der Waals surface area contributed by atoms with Crippen molar-refractivity contribution in [3.8, 4) is 0 Å². The van der Waals surface area contributed by atoms with E-state index in [4.69, 9.17) is 4.42 Å². The molecule has 0 aliphatic carbocycles. The van der Waals surface area contributed by atoms with Gasteiger partial charge in [-0.1, -0.05) is 0 Å². The van der Waals surface area contributed by atoms with Crippen LogP contribution in [0.1, 0.15) is 29.0 Å². The number of carbonyl (C=O) groups excluding carboxylic acids is 3. The van der Waals surface area contributed by atoms with Gasteiger partial charge in [0.2, 0.25) is 5.91 Å². The van der Waals surface area contributed by atoms with Crippen molar-refractivity contribution >= 4 is 29.2 Å². The third-order valence-electron chi connectivity index (χ3n) is 5.58. The largest absolute Gasteiger partial charge is 0.467 e. The summed E-state index contributed by atoms with van der Waals surface area (Å²) in [6, 6.07) is 15.3. The van der Waals surface area contributed by atoms with Crippen LogP contribution in [0.25, 0.3) is 0 Å². The second kappa shape index (κ2) is 10.7. The van der Waals surface area contributed by atoms with E-state index in [0.29, 0.717) is 48.6 Å². The lowest BCUT2D eigenvalue weighted by atomic mass is 9.96. The first-order valence-electron chi connectivity index (χ1n) is 11.0. The Morgan fingerprint density at radius 2 is 1.68 bits per heavy atom. The zero-order chi connectivity index (χ0) is 23.9. The molecule has 3 N–H and O–H groups in total. The molecule has 1 fully saturated rings. The van der Waals surface area contributed by atoms with Gasteiger partial charge in [0.25, 0.3) is 5.91 Å². The normalized spacial score (nSPS) is 15.4. The molecule has 0 radical (unpaired) electrons. The van der Waals surface area contributed by atoms with Crippen LogP contribution in [0, 0.1) is 11.7 Å². The SMILES string of the molecule is O=C(NCc1ccco1)Nc1ccc(NC(=O)C2CCCN(C(=O)c3ccc(F)cc3)C2)cc1. The fourth-order valence-electron chi connectivity index (χ4n) is 3.79. The van der Waals surface area contributed by atoms with Gasteiger partial charge in [0, 0.05) is 30.0 Å². The summed E-state index contributed by atoms with van der Waals surface area (Å²) in [5.41, 5.74) is 1.57. The summed E-state index contributed by atoms with van der Waals surface area (Å²) in [6.45, 7) is 1.13. The van der Waals surface area contributed by atoms with Gasteiger partial charge in [0.05, 0.1) is 18.7 Å². The molecule has 9 heteroatoms. The minimum Gasteiger partial charge on any atom is -0.467 e. The molecule has 1 atom stereocenters. The van der Waals surface area contributed by atoms with Crippen molar-refractivity contribution in [2.45, 2.75) is 19.4 Å². The molecule has 4 amide bonds. The Balaban J connectivity index is 1.27. The van der Waals surface area contributed by atoms with Crippen LogP contribution in [-0.4, -0.2) is 35.8 Å². The van der Waals surface area contributed by atoms with Gasteiger partial charge >= 0.3 is 6.03 Å². The Labute approximate surface area is 196 Å². The Bertz CT molecular complexity index is 1130. The van der Waals surface area contributed by atoms with Gasteiger partial charge in [-0.15, -0.1) is 0 Å². The molecule has 2 aromatic carbocycles. The van der Waals surface area contributed by atoms with Gasteiger partial charge in [-0.3, -0.25) is 9.59 Å². The third-order valence-corrected chi connectivity index (χ3v) is 5.58. The number of nitrogens with one attached hydrogen (secondary N) is 3. The molecule has 176 valence electrons. The van der Waals surface area contributed by atoms with Crippen molar-refractivity contribution in [3.63, 3.8) is 0 Å². The van der Waals surface area contributed by atoms with E-state index >= 15 is 0 Å². The lowest BCUT2D eigenvalue weighted by molar-refractivity contribution is -0.121. The van der Waals surface area contributed by atoms with Crippen LogP contribution in [0.2, 0.25) is 0 Å². The number of anilines is 2. The molecule has 3 aromatic rings. The molecule has 1 unspecified atom stereocenters. The van der Waals surface area contributed by atoms with E-state index < -0.39 is 5.82 Å². The second-order valence-corrected chi connectivity index (χ2v) is 8.05. The lowest BCUT2D eigenvalue weighted by Gasteiger charge is -2.32. The number of carbonyl (C=O) groups is 3. The predicted octanol–water partition coefficient (Wildman–Crippen LogP) is 4.23. The maximum Gasteiger partial charge on any atom is 0.319 e. The average Bonchev–Trinajstić information content (AvgIpc) is 3.38. The summed E-state index contributed by atoms with van der Waals surface area (Å²) in [7, 11) is 0. The number of halogens is 1. The van der Waals surface area contributed by atoms with Crippen LogP contribution in [-0.2, 0) is 11.3 Å². The molecule has 0 spiro atoms. The quantitative estimate of drug-likeness (QED) is 0.508. The number of furan rings is 1. The topological polar surface area (TPSA) is 104 Å². The monoisotopic (exact) mass is 464 g/mol. The Kier molecular flexibility index (Phi) is 7.22. The van der Waals surface area contributed by atoms with Gasteiger partial charge in [-0.05, 0) is 73.5 Å². The van der Waals surface area contributed by atoms with Gasteiger partial charge < -0.3 is 25.3 Å². The highest BCUT2D eigenvalue weighted by molar-refractivity contribution is 5.96. The van der Waals surface area contributed by atoms with Gasteiger partial charge in [0.1, 0.15) is 11.6 Å². The molecule has 0 saturated carbocycles. The minimum absolute atomic E-state index is 0.173. The van der Waals surface area contributed by atoms with Crippen LogP contribution in [0.3, 0.4) is 0 Å². The molecule has 1 aliphatic heterocycles. The standard InChI is InChI=1S/C25H25FN4O4/c26-19-7-5-17(6-8-19)24(32)30-13-1-3-18(16-30)23(31)28-20-9-11-21(12-10-20)29-25(33)27-15-22-4-2-14-34-22/h2,4-12,14,18H,1,3,13,15-16H2,(H,28,31)(H2,27,29,33). The summed E-state index contributed by atoms with van der Waals surface area (Å²) < 4.78 is 18.3.